The van der Waals surface area contributed by atoms with Crippen LogP contribution in [0.4, 0.5) is 23.1 Å². The van der Waals surface area contributed by atoms with Gasteiger partial charge in [0.2, 0.25) is 5.95 Å². The van der Waals surface area contributed by atoms with E-state index in [1.54, 1.807) is 16.9 Å². The van der Waals surface area contributed by atoms with Gasteiger partial charge in [-0.1, -0.05) is 18.5 Å². The monoisotopic (exact) mass is 488 g/mol. The fraction of sp³-hybridized carbons (Fsp3) is 0.333. The van der Waals surface area contributed by atoms with Crippen LogP contribution >= 0.6 is 11.6 Å². The number of aromatic amines is 1. The maximum absolute atomic E-state index is 6.50. The molecule has 1 saturated heterocycles. The highest BCUT2D eigenvalue weighted by atomic mass is 35.5. The highest BCUT2D eigenvalue weighted by Crippen LogP contribution is 2.46. The van der Waals surface area contributed by atoms with Gasteiger partial charge in [-0.15, -0.1) is 0 Å². The van der Waals surface area contributed by atoms with Crippen LogP contribution in [0, 0.1) is 11.8 Å². The second kappa shape index (κ2) is 7.43. The summed E-state index contributed by atoms with van der Waals surface area (Å²) in [5.74, 6) is 2.35. The fourth-order valence-electron chi connectivity index (χ4n) is 5.97. The van der Waals surface area contributed by atoms with Gasteiger partial charge in [0.1, 0.15) is 11.5 Å². The maximum atomic E-state index is 6.50. The zero-order valence-corrected chi connectivity index (χ0v) is 20.1. The molecule has 1 aromatic carbocycles. The van der Waals surface area contributed by atoms with Crippen LogP contribution in [0.25, 0.3) is 27.6 Å². The van der Waals surface area contributed by atoms with Crippen molar-refractivity contribution in [1.29, 1.82) is 0 Å². The van der Waals surface area contributed by atoms with Gasteiger partial charge in [0.15, 0.2) is 5.65 Å². The first-order valence-electron chi connectivity index (χ1n) is 11.8. The molecule has 2 aliphatic rings. The third-order valence-electron chi connectivity index (χ3n) is 7.70. The van der Waals surface area contributed by atoms with Gasteiger partial charge in [-0.25, -0.2) is 9.50 Å². The van der Waals surface area contributed by atoms with E-state index >= 15 is 0 Å². The number of nitrogens with two attached hydrogens (primary N) is 1. The summed E-state index contributed by atoms with van der Waals surface area (Å²) in [7, 11) is 1.89. The summed E-state index contributed by atoms with van der Waals surface area (Å²) in [6.45, 7) is 3.18. The molecule has 2 bridgehead atoms. The molecule has 4 atom stereocenters. The van der Waals surface area contributed by atoms with Crippen LogP contribution in [-0.2, 0) is 0 Å². The number of hydrogen-bond acceptors (Lipinski definition) is 8. The minimum Gasteiger partial charge on any atom is -0.386 e. The predicted octanol–water partition coefficient (Wildman–Crippen LogP) is 3.76. The van der Waals surface area contributed by atoms with Crippen molar-refractivity contribution in [3.63, 3.8) is 0 Å². The SMILES string of the molecule is CNc1cc(Cl)cc2c1[nH]c1nc(Nc3cnc4ccnn4c3)nc(N3C[C@H]4[C@@H](C)[C@@H]3C[C@H]4N)c12. The molecular weight excluding hydrogens is 464 g/mol. The molecule has 0 spiro atoms. The summed E-state index contributed by atoms with van der Waals surface area (Å²) < 4.78 is 1.72. The zero-order chi connectivity index (χ0) is 23.8. The summed E-state index contributed by atoms with van der Waals surface area (Å²) in [6, 6.07) is 6.33. The van der Waals surface area contributed by atoms with Crippen molar-refractivity contribution in [2.24, 2.45) is 17.6 Å². The smallest absolute Gasteiger partial charge is 0.231 e. The normalized spacial score (nSPS) is 23.7. The Bertz CT molecular complexity index is 1610. The topological polar surface area (TPSA) is 125 Å². The molecule has 5 N–H and O–H groups in total. The lowest BCUT2D eigenvalue weighted by atomic mass is 9.98. The van der Waals surface area contributed by atoms with Crippen molar-refractivity contribution >= 4 is 62.3 Å². The molecular formula is C24H25ClN10. The lowest BCUT2D eigenvalue weighted by Crippen LogP contribution is -2.41. The van der Waals surface area contributed by atoms with Gasteiger partial charge in [-0.3, -0.25) is 0 Å². The Hall–Kier alpha value is -3.63. The van der Waals surface area contributed by atoms with E-state index < -0.39 is 0 Å². The van der Waals surface area contributed by atoms with E-state index in [2.05, 4.69) is 37.5 Å². The van der Waals surface area contributed by atoms with Gasteiger partial charge in [0.25, 0.3) is 0 Å². The highest BCUT2D eigenvalue weighted by molar-refractivity contribution is 6.33. The quantitative estimate of drug-likeness (QED) is 0.301. The Labute approximate surface area is 205 Å². The third-order valence-corrected chi connectivity index (χ3v) is 7.92. The van der Waals surface area contributed by atoms with Crippen LogP contribution in [0.1, 0.15) is 13.3 Å². The molecule has 1 aliphatic carbocycles. The van der Waals surface area contributed by atoms with E-state index in [1.807, 2.05) is 31.4 Å². The number of aromatic nitrogens is 6. The number of benzene rings is 1. The third kappa shape index (κ3) is 3.06. The van der Waals surface area contributed by atoms with Gasteiger partial charge < -0.3 is 26.3 Å². The maximum Gasteiger partial charge on any atom is 0.231 e. The van der Waals surface area contributed by atoms with Crippen LogP contribution in [-0.4, -0.2) is 55.2 Å². The zero-order valence-electron chi connectivity index (χ0n) is 19.3. The second-order valence-electron chi connectivity index (χ2n) is 9.59. The van der Waals surface area contributed by atoms with Crippen molar-refractivity contribution in [2.75, 3.05) is 29.1 Å². The average molecular weight is 489 g/mol. The molecule has 0 amide bonds. The van der Waals surface area contributed by atoms with Crippen molar-refractivity contribution in [2.45, 2.75) is 25.4 Å². The lowest BCUT2D eigenvalue weighted by molar-refractivity contribution is 0.436. The molecule has 2 fully saturated rings. The first-order valence-corrected chi connectivity index (χ1v) is 12.2. The van der Waals surface area contributed by atoms with Gasteiger partial charge >= 0.3 is 0 Å². The van der Waals surface area contributed by atoms with E-state index in [-0.39, 0.29) is 6.04 Å². The number of piperidine rings is 1. The number of nitrogens with zero attached hydrogens (tertiary/aromatic N) is 6. The molecule has 178 valence electrons. The van der Waals surface area contributed by atoms with Crippen molar-refractivity contribution < 1.29 is 0 Å². The number of fused-ring (bicyclic) bond motifs is 6. The molecule has 5 heterocycles. The van der Waals surface area contributed by atoms with Gasteiger partial charge in [0.05, 0.1) is 40.9 Å². The van der Waals surface area contributed by atoms with Crippen LogP contribution in [0.2, 0.25) is 5.02 Å². The van der Waals surface area contributed by atoms with Gasteiger partial charge in [-0.05, 0) is 30.4 Å². The standard InChI is InChI=1S/C24H25ClN10/c1-11-15-10-34(18(11)7-16(15)26)23-20-14-5-12(25)6-17(27-2)21(14)31-22(20)32-24(33-23)30-13-8-28-19-3-4-29-35(19)9-13/h3-6,8-9,11,15-16,18,27H,7,10,26H2,1-2H3,(H2,30,31,32,33)/t11-,15+,16-,18+/m1/s1. The summed E-state index contributed by atoms with van der Waals surface area (Å²) >= 11 is 6.50. The van der Waals surface area contributed by atoms with E-state index in [4.69, 9.17) is 27.3 Å². The molecule has 1 aliphatic heterocycles. The Kier molecular flexibility index (Phi) is 4.40. The summed E-state index contributed by atoms with van der Waals surface area (Å²) in [6.07, 6.45) is 6.31. The number of hydrogen-bond donors (Lipinski definition) is 4. The fourth-order valence-corrected chi connectivity index (χ4v) is 6.19. The van der Waals surface area contributed by atoms with Crippen LogP contribution in [0.3, 0.4) is 0 Å². The van der Waals surface area contributed by atoms with Crippen LogP contribution < -0.4 is 21.3 Å². The minimum absolute atomic E-state index is 0.237. The molecule has 4 aromatic heterocycles. The second-order valence-corrected chi connectivity index (χ2v) is 10.0. The largest absolute Gasteiger partial charge is 0.386 e. The van der Waals surface area contributed by atoms with Crippen molar-refractivity contribution in [3.05, 3.63) is 41.8 Å². The Morgan fingerprint density at radius 1 is 1.26 bits per heavy atom. The van der Waals surface area contributed by atoms with Gasteiger partial charge in [-0.2, -0.15) is 15.1 Å². The molecule has 5 aromatic rings. The molecule has 11 heteroatoms. The van der Waals surface area contributed by atoms with Crippen molar-refractivity contribution in [3.8, 4) is 0 Å². The molecule has 1 saturated carbocycles. The average Bonchev–Trinajstić information content (AvgIpc) is 3.59. The summed E-state index contributed by atoms with van der Waals surface area (Å²) in [5, 5.41) is 13.5. The molecule has 0 radical (unpaired) electrons. The molecule has 35 heavy (non-hydrogen) atoms. The van der Waals surface area contributed by atoms with Crippen LogP contribution in [0.5, 0.6) is 0 Å². The summed E-state index contributed by atoms with van der Waals surface area (Å²) in [4.78, 5) is 20.3. The molecule has 7 rings (SSSR count). The first-order chi connectivity index (χ1) is 17.0. The number of anilines is 4. The Morgan fingerprint density at radius 2 is 2.14 bits per heavy atom. The number of H-pyrrole nitrogens is 1. The van der Waals surface area contributed by atoms with E-state index in [1.165, 1.54) is 0 Å². The van der Waals surface area contributed by atoms with Gasteiger partial charge in [0, 0.05) is 42.2 Å². The van der Waals surface area contributed by atoms with E-state index in [0.717, 1.165) is 57.7 Å². The Morgan fingerprint density at radius 3 is 2.91 bits per heavy atom. The lowest BCUT2D eigenvalue weighted by Gasteiger charge is -2.31. The predicted molar refractivity (Wildman–Crippen MR) is 139 cm³/mol. The number of nitrogens with one attached hydrogen (secondary N) is 3. The Balaban J connectivity index is 1.42. The summed E-state index contributed by atoms with van der Waals surface area (Å²) in [5.41, 5.74) is 10.6. The van der Waals surface area contributed by atoms with Crippen LogP contribution in [0.15, 0.2) is 36.8 Å². The first kappa shape index (κ1) is 20.7. The van der Waals surface area contributed by atoms with E-state index in [0.29, 0.717) is 28.8 Å². The number of rotatable bonds is 4. The van der Waals surface area contributed by atoms with Crippen molar-refractivity contribution in [1.82, 2.24) is 29.5 Å². The van der Waals surface area contributed by atoms with E-state index in [9.17, 15) is 0 Å². The number of halogens is 1. The molecule has 0 unspecified atom stereocenters. The highest BCUT2D eigenvalue weighted by Gasteiger charge is 2.49. The molecule has 10 nitrogen and oxygen atoms in total. The minimum atomic E-state index is 0.237.